The molecule has 0 amide bonds. The Morgan fingerprint density at radius 1 is 1.30 bits per heavy atom. The van der Waals surface area contributed by atoms with Crippen LogP contribution in [0, 0.1) is 5.92 Å². The number of piperidine rings is 1. The number of halogens is 3. The van der Waals surface area contributed by atoms with Gasteiger partial charge < -0.3 is 5.32 Å². The zero-order chi connectivity index (χ0) is 14.2. The van der Waals surface area contributed by atoms with Crippen molar-refractivity contribution in [2.45, 2.75) is 32.0 Å². The molecule has 3 rings (SSSR count). The first kappa shape index (κ1) is 13.7. The number of nitrogens with one attached hydrogen (secondary N) is 1. The fraction of sp³-hybridized carbons (Fsp3) is 0.600. The Hall–Kier alpha value is -1.23. The van der Waals surface area contributed by atoms with Crippen molar-refractivity contribution in [1.82, 2.24) is 4.90 Å². The van der Waals surface area contributed by atoms with Crippen LogP contribution in [0.25, 0.3) is 0 Å². The fourth-order valence-electron chi connectivity index (χ4n) is 3.18. The summed E-state index contributed by atoms with van der Waals surface area (Å²) in [6, 6.07) is 6.20. The normalized spacial score (nSPS) is 23.4. The predicted molar refractivity (Wildman–Crippen MR) is 72.7 cm³/mol. The van der Waals surface area contributed by atoms with Crippen LogP contribution in [0.2, 0.25) is 0 Å². The predicted octanol–water partition coefficient (Wildman–Crippen LogP) is 3.43. The van der Waals surface area contributed by atoms with Gasteiger partial charge in [0.2, 0.25) is 0 Å². The van der Waals surface area contributed by atoms with E-state index >= 15 is 0 Å². The first-order valence-electron chi connectivity index (χ1n) is 7.17. The number of likely N-dealkylation sites (tertiary alicyclic amines) is 1. The summed E-state index contributed by atoms with van der Waals surface area (Å²) in [5.41, 5.74) is 3.57. The Balaban J connectivity index is 1.65. The lowest BCUT2D eigenvalue weighted by atomic mass is 9.97. The van der Waals surface area contributed by atoms with Crippen LogP contribution in [0.1, 0.15) is 24.0 Å². The zero-order valence-electron chi connectivity index (χ0n) is 11.3. The van der Waals surface area contributed by atoms with Gasteiger partial charge in [-0.3, -0.25) is 4.90 Å². The van der Waals surface area contributed by atoms with Gasteiger partial charge in [-0.25, -0.2) is 0 Å². The molecule has 1 fully saturated rings. The van der Waals surface area contributed by atoms with Crippen molar-refractivity contribution in [3.63, 3.8) is 0 Å². The van der Waals surface area contributed by atoms with E-state index in [4.69, 9.17) is 0 Å². The first-order chi connectivity index (χ1) is 9.52. The number of hydrogen-bond acceptors (Lipinski definition) is 2. The molecule has 0 aliphatic carbocycles. The van der Waals surface area contributed by atoms with Gasteiger partial charge in [-0.15, -0.1) is 0 Å². The molecule has 2 nitrogen and oxygen atoms in total. The molecule has 0 radical (unpaired) electrons. The summed E-state index contributed by atoms with van der Waals surface area (Å²) in [7, 11) is 0. The van der Waals surface area contributed by atoms with Crippen molar-refractivity contribution in [2.24, 2.45) is 5.92 Å². The number of alkyl halides is 3. The highest BCUT2D eigenvalue weighted by molar-refractivity contribution is 5.56. The zero-order valence-corrected chi connectivity index (χ0v) is 11.3. The van der Waals surface area contributed by atoms with Gasteiger partial charge in [0, 0.05) is 25.3 Å². The van der Waals surface area contributed by atoms with E-state index in [1.54, 1.807) is 0 Å². The molecular weight excluding hydrogens is 265 g/mol. The SMILES string of the molecule is FC(F)(F)C1CCCN(Cc2ccc3c(c2)CCN3)C1. The number of benzene rings is 1. The van der Waals surface area contributed by atoms with Crippen LogP contribution in [0.4, 0.5) is 18.9 Å². The fourth-order valence-corrected chi connectivity index (χ4v) is 3.18. The summed E-state index contributed by atoms with van der Waals surface area (Å²) in [5.74, 6) is -1.16. The van der Waals surface area contributed by atoms with E-state index in [0.29, 0.717) is 13.0 Å². The summed E-state index contributed by atoms with van der Waals surface area (Å²) >= 11 is 0. The summed E-state index contributed by atoms with van der Waals surface area (Å²) in [6.07, 6.45) is -2.14. The molecule has 110 valence electrons. The molecule has 1 saturated heterocycles. The minimum absolute atomic E-state index is 0.138. The molecule has 1 aromatic carbocycles. The van der Waals surface area contributed by atoms with Crippen molar-refractivity contribution in [2.75, 3.05) is 25.0 Å². The highest BCUT2D eigenvalue weighted by atomic mass is 19.4. The third-order valence-electron chi connectivity index (χ3n) is 4.25. The van der Waals surface area contributed by atoms with Crippen LogP contribution >= 0.6 is 0 Å². The van der Waals surface area contributed by atoms with Crippen LogP contribution in [0.3, 0.4) is 0 Å². The van der Waals surface area contributed by atoms with Crippen molar-refractivity contribution < 1.29 is 13.2 Å². The van der Waals surface area contributed by atoms with E-state index in [1.165, 1.54) is 11.3 Å². The average molecular weight is 284 g/mol. The first-order valence-corrected chi connectivity index (χ1v) is 7.17. The number of fused-ring (bicyclic) bond motifs is 1. The Bertz CT molecular complexity index is 484. The van der Waals surface area contributed by atoms with Crippen LogP contribution < -0.4 is 5.32 Å². The largest absolute Gasteiger partial charge is 0.393 e. The van der Waals surface area contributed by atoms with Crippen LogP contribution in [0.5, 0.6) is 0 Å². The standard InChI is InChI=1S/C15H19F3N2/c16-15(17,18)13-2-1-7-20(10-13)9-11-3-4-14-12(8-11)5-6-19-14/h3-4,8,13,19H,1-2,5-7,9-10H2. The lowest BCUT2D eigenvalue weighted by Gasteiger charge is -2.33. The second kappa shape index (κ2) is 5.28. The molecule has 5 heteroatoms. The minimum Gasteiger partial charge on any atom is -0.384 e. The number of hydrogen-bond donors (Lipinski definition) is 1. The molecule has 0 aromatic heterocycles. The Kier molecular flexibility index (Phi) is 3.63. The molecule has 1 aromatic rings. The second-order valence-corrected chi connectivity index (χ2v) is 5.78. The van der Waals surface area contributed by atoms with Crippen LogP contribution in [-0.4, -0.2) is 30.7 Å². The number of nitrogens with zero attached hydrogens (tertiary/aromatic N) is 1. The quantitative estimate of drug-likeness (QED) is 0.895. The second-order valence-electron chi connectivity index (χ2n) is 5.78. The number of rotatable bonds is 2. The van der Waals surface area contributed by atoms with Gasteiger partial charge in [0.1, 0.15) is 0 Å². The monoisotopic (exact) mass is 284 g/mol. The molecule has 0 bridgehead atoms. The van der Waals surface area contributed by atoms with Crippen LogP contribution in [-0.2, 0) is 13.0 Å². The average Bonchev–Trinajstić information content (AvgIpc) is 2.85. The summed E-state index contributed by atoms with van der Waals surface area (Å²) in [4.78, 5) is 1.94. The molecular formula is C15H19F3N2. The third-order valence-corrected chi connectivity index (χ3v) is 4.25. The highest BCUT2D eigenvalue weighted by Gasteiger charge is 2.41. The molecule has 2 heterocycles. The van der Waals surface area contributed by atoms with Gasteiger partial charge in [-0.2, -0.15) is 13.2 Å². The Labute approximate surface area is 117 Å². The lowest BCUT2D eigenvalue weighted by molar-refractivity contribution is -0.187. The summed E-state index contributed by atoms with van der Waals surface area (Å²) < 4.78 is 38.4. The lowest BCUT2D eigenvalue weighted by Crippen LogP contribution is -2.41. The molecule has 1 atom stereocenters. The molecule has 2 aliphatic rings. The van der Waals surface area contributed by atoms with Crippen molar-refractivity contribution in [1.29, 1.82) is 0 Å². The van der Waals surface area contributed by atoms with Gasteiger partial charge in [0.25, 0.3) is 0 Å². The maximum atomic E-state index is 12.8. The number of anilines is 1. The molecule has 0 saturated carbocycles. The van der Waals surface area contributed by atoms with Gasteiger partial charge >= 0.3 is 6.18 Å². The molecule has 1 N–H and O–H groups in total. The van der Waals surface area contributed by atoms with Gasteiger partial charge in [0.05, 0.1) is 5.92 Å². The Morgan fingerprint density at radius 3 is 2.95 bits per heavy atom. The summed E-state index contributed by atoms with van der Waals surface area (Å²) in [5, 5.41) is 3.30. The van der Waals surface area contributed by atoms with E-state index in [-0.39, 0.29) is 13.0 Å². The molecule has 2 aliphatic heterocycles. The van der Waals surface area contributed by atoms with E-state index in [0.717, 1.165) is 25.1 Å². The van der Waals surface area contributed by atoms with Gasteiger partial charge in [-0.05, 0) is 43.0 Å². The third kappa shape index (κ3) is 2.92. The maximum absolute atomic E-state index is 12.8. The molecule has 1 unspecified atom stereocenters. The summed E-state index contributed by atoms with van der Waals surface area (Å²) in [6.45, 7) is 2.49. The van der Waals surface area contributed by atoms with E-state index < -0.39 is 12.1 Å². The van der Waals surface area contributed by atoms with Gasteiger partial charge in [0.15, 0.2) is 0 Å². The molecule has 0 spiro atoms. The highest BCUT2D eigenvalue weighted by Crippen LogP contribution is 2.33. The van der Waals surface area contributed by atoms with Crippen molar-refractivity contribution in [3.8, 4) is 0 Å². The maximum Gasteiger partial charge on any atom is 0.393 e. The van der Waals surface area contributed by atoms with E-state index in [2.05, 4.69) is 11.4 Å². The minimum atomic E-state index is -4.06. The smallest absolute Gasteiger partial charge is 0.384 e. The van der Waals surface area contributed by atoms with Gasteiger partial charge in [-0.1, -0.05) is 12.1 Å². The van der Waals surface area contributed by atoms with E-state index in [9.17, 15) is 13.2 Å². The van der Waals surface area contributed by atoms with Crippen molar-refractivity contribution in [3.05, 3.63) is 29.3 Å². The Morgan fingerprint density at radius 2 is 2.15 bits per heavy atom. The van der Waals surface area contributed by atoms with Crippen molar-refractivity contribution >= 4 is 5.69 Å². The van der Waals surface area contributed by atoms with Crippen LogP contribution in [0.15, 0.2) is 18.2 Å². The molecule has 20 heavy (non-hydrogen) atoms. The van der Waals surface area contributed by atoms with E-state index in [1.807, 2.05) is 17.0 Å². The topological polar surface area (TPSA) is 15.3 Å².